The molecule has 2 atom stereocenters. The summed E-state index contributed by atoms with van der Waals surface area (Å²) in [5.41, 5.74) is 0.787. The van der Waals surface area contributed by atoms with Gasteiger partial charge in [0, 0.05) is 24.8 Å². The second-order valence-electron chi connectivity index (χ2n) is 7.16. The second kappa shape index (κ2) is 6.78. The largest absolute Gasteiger partial charge is 0.384 e. The Kier molecular flexibility index (Phi) is 5.22. The summed E-state index contributed by atoms with van der Waals surface area (Å²) >= 11 is 0. The molecule has 4 heteroatoms. The maximum atomic E-state index is 13.8. The summed E-state index contributed by atoms with van der Waals surface area (Å²) in [7, 11) is 0. The van der Waals surface area contributed by atoms with Gasteiger partial charge < -0.3 is 10.1 Å². The van der Waals surface area contributed by atoms with Crippen molar-refractivity contribution in [3.63, 3.8) is 0 Å². The van der Waals surface area contributed by atoms with Crippen molar-refractivity contribution in [1.29, 1.82) is 0 Å². The van der Waals surface area contributed by atoms with Gasteiger partial charge in [0.25, 0.3) is 0 Å². The van der Waals surface area contributed by atoms with E-state index in [1.807, 2.05) is 0 Å². The average molecular weight is 307 g/mol. The molecule has 0 aromatic heterocycles. The van der Waals surface area contributed by atoms with Crippen LogP contribution in [0.1, 0.15) is 50.9 Å². The van der Waals surface area contributed by atoms with E-state index in [4.69, 9.17) is 4.74 Å². The number of ether oxygens (including phenoxy) is 1. The summed E-state index contributed by atoms with van der Waals surface area (Å²) in [6.07, 6.45) is 2.30. The Balaban J connectivity index is 2.12. The van der Waals surface area contributed by atoms with Crippen molar-refractivity contribution >= 4 is 11.5 Å². The Hall–Kier alpha value is -1.42. The van der Waals surface area contributed by atoms with Gasteiger partial charge in [0.15, 0.2) is 5.78 Å². The first-order valence-corrected chi connectivity index (χ1v) is 7.95. The number of ketones is 1. The van der Waals surface area contributed by atoms with E-state index >= 15 is 0 Å². The van der Waals surface area contributed by atoms with E-state index < -0.39 is 5.82 Å². The molecule has 1 aliphatic heterocycles. The van der Waals surface area contributed by atoms with Gasteiger partial charge in [-0.1, -0.05) is 26.8 Å². The van der Waals surface area contributed by atoms with Crippen LogP contribution in [-0.2, 0) is 4.74 Å². The fourth-order valence-electron chi connectivity index (χ4n) is 3.28. The molecule has 1 heterocycles. The lowest BCUT2D eigenvalue weighted by Crippen LogP contribution is -2.42. The minimum atomic E-state index is -0.468. The number of rotatable bonds is 4. The minimum absolute atomic E-state index is 0.0676. The Bertz CT molecular complexity index is 536. The van der Waals surface area contributed by atoms with E-state index in [0.29, 0.717) is 18.2 Å². The Labute approximate surface area is 132 Å². The van der Waals surface area contributed by atoms with E-state index in [2.05, 4.69) is 26.1 Å². The molecule has 0 bridgehead atoms. The van der Waals surface area contributed by atoms with E-state index in [0.717, 1.165) is 19.4 Å². The summed E-state index contributed by atoms with van der Waals surface area (Å²) in [5.74, 6) is -0.366. The zero-order valence-electron chi connectivity index (χ0n) is 13.9. The van der Waals surface area contributed by atoms with Crippen molar-refractivity contribution in [3.05, 3.63) is 29.6 Å². The predicted molar refractivity (Wildman–Crippen MR) is 86.8 cm³/mol. The van der Waals surface area contributed by atoms with Crippen LogP contribution >= 0.6 is 0 Å². The molecule has 2 unspecified atom stereocenters. The number of nitrogens with one attached hydrogen (secondary N) is 1. The van der Waals surface area contributed by atoms with Crippen molar-refractivity contribution < 1.29 is 13.9 Å². The smallest absolute Gasteiger partial charge is 0.164 e. The molecule has 122 valence electrons. The third-order valence-corrected chi connectivity index (χ3v) is 4.22. The molecule has 2 rings (SSSR count). The SMILES string of the molecule is CC(=O)c1c(F)cccc1NCC1CCCOC1C(C)(C)C. The first-order chi connectivity index (χ1) is 10.3. The van der Waals surface area contributed by atoms with Gasteiger partial charge in [0.1, 0.15) is 5.82 Å². The maximum Gasteiger partial charge on any atom is 0.164 e. The molecule has 22 heavy (non-hydrogen) atoms. The molecule has 1 fully saturated rings. The molecule has 0 radical (unpaired) electrons. The molecule has 0 saturated carbocycles. The van der Waals surface area contributed by atoms with E-state index in [-0.39, 0.29) is 22.9 Å². The number of hydrogen-bond acceptors (Lipinski definition) is 3. The van der Waals surface area contributed by atoms with Crippen LogP contribution in [0.4, 0.5) is 10.1 Å². The van der Waals surface area contributed by atoms with Crippen LogP contribution < -0.4 is 5.32 Å². The molecule has 1 aliphatic rings. The van der Waals surface area contributed by atoms with Crippen LogP contribution in [-0.4, -0.2) is 25.0 Å². The summed E-state index contributed by atoms with van der Waals surface area (Å²) in [4.78, 5) is 11.7. The lowest BCUT2D eigenvalue weighted by atomic mass is 9.78. The highest BCUT2D eigenvalue weighted by Gasteiger charge is 2.35. The standard InChI is InChI=1S/C18H26FNO2/c1-12(21)16-14(19)8-5-9-15(16)20-11-13-7-6-10-22-17(13)18(2,3)4/h5,8-9,13,17,20H,6-7,10-11H2,1-4H3. The van der Waals surface area contributed by atoms with Gasteiger partial charge in [0.05, 0.1) is 11.7 Å². The van der Waals surface area contributed by atoms with E-state index in [1.54, 1.807) is 12.1 Å². The first-order valence-electron chi connectivity index (χ1n) is 7.95. The minimum Gasteiger partial charge on any atom is -0.384 e. The zero-order valence-corrected chi connectivity index (χ0v) is 13.9. The number of anilines is 1. The van der Waals surface area contributed by atoms with Gasteiger partial charge >= 0.3 is 0 Å². The third-order valence-electron chi connectivity index (χ3n) is 4.22. The van der Waals surface area contributed by atoms with Crippen LogP contribution in [0, 0.1) is 17.2 Å². The molecule has 1 aromatic carbocycles. The highest BCUT2D eigenvalue weighted by molar-refractivity contribution is 5.99. The maximum absolute atomic E-state index is 13.8. The molecule has 0 spiro atoms. The molecule has 0 aliphatic carbocycles. The van der Waals surface area contributed by atoms with Crippen LogP contribution in [0.15, 0.2) is 18.2 Å². The Morgan fingerprint density at radius 3 is 2.77 bits per heavy atom. The zero-order chi connectivity index (χ0) is 16.3. The lowest BCUT2D eigenvalue weighted by molar-refractivity contribution is -0.0814. The average Bonchev–Trinajstić information content (AvgIpc) is 2.44. The number of benzene rings is 1. The number of carbonyl (C=O) groups excluding carboxylic acids is 1. The summed E-state index contributed by atoms with van der Waals surface area (Å²) in [5, 5.41) is 3.27. The van der Waals surface area contributed by atoms with Crippen LogP contribution in [0.2, 0.25) is 0 Å². The molecule has 1 N–H and O–H groups in total. The molecule has 3 nitrogen and oxygen atoms in total. The fourth-order valence-corrected chi connectivity index (χ4v) is 3.28. The van der Waals surface area contributed by atoms with Crippen LogP contribution in [0.3, 0.4) is 0 Å². The highest BCUT2D eigenvalue weighted by atomic mass is 19.1. The molecule has 1 aromatic rings. The topological polar surface area (TPSA) is 38.3 Å². The van der Waals surface area contributed by atoms with Gasteiger partial charge in [-0.15, -0.1) is 0 Å². The highest BCUT2D eigenvalue weighted by Crippen LogP contribution is 2.34. The number of carbonyl (C=O) groups is 1. The fraction of sp³-hybridized carbons (Fsp3) is 0.611. The number of Topliss-reactive ketones (excluding diaryl/α,β-unsaturated/α-hetero) is 1. The molecular formula is C18H26FNO2. The second-order valence-corrected chi connectivity index (χ2v) is 7.16. The van der Waals surface area contributed by atoms with Gasteiger partial charge in [-0.2, -0.15) is 0 Å². The third kappa shape index (κ3) is 3.86. The first kappa shape index (κ1) is 16.9. The number of hydrogen-bond donors (Lipinski definition) is 1. The van der Waals surface area contributed by atoms with Crippen molar-refractivity contribution in [2.45, 2.75) is 46.6 Å². The van der Waals surface area contributed by atoms with Crippen molar-refractivity contribution in [2.75, 3.05) is 18.5 Å². The molecule has 0 amide bonds. The van der Waals surface area contributed by atoms with Gasteiger partial charge in [0.2, 0.25) is 0 Å². The Morgan fingerprint density at radius 1 is 1.41 bits per heavy atom. The molecular weight excluding hydrogens is 281 g/mol. The Morgan fingerprint density at radius 2 is 2.14 bits per heavy atom. The van der Waals surface area contributed by atoms with Crippen LogP contribution in [0.5, 0.6) is 0 Å². The predicted octanol–water partition coefficient (Wildman–Crippen LogP) is 4.28. The quantitative estimate of drug-likeness (QED) is 0.844. The summed E-state index contributed by atoms with van der Waals surface area (Å²) in [6, 6.07) is 4.71. The normalized spacial score (nSPS) is 22.4. The van der Waals surface area contributed by atoms with E-state index in [1.165, 1.54) is 13.0 Å². The molecule has 1 saturated heterocycles. The van der Waals surface area contributed by atoms with Gasteiger partial charge in [-0.05, 0) is 37.3 Å². The van der Waals surface area contributed by atoms with Gasteiger partial charge in [-0.3, -0.25) is 4.79 Å². The van der Waals surface area contributed by atoms with Gasteiger partial charge in [-0.25, -0.2) is 4.39 Å². The lowest BCUT2D eigenvalue weighted by Gasteiger charge is -2.40. The summed E-state index contributed by atoms with van der Waals surface area (Å²) in [6.45, 7) is 9.42. The summed E-state index contributed by atoms with van der Waals surface area (Å²) < 4.78 is 19.8. The number of halogens is 1. The van der Waals surface area contributed by atoms with Crippen molar-refractivity contribution in [2.24, 2.45) is 11.3 Å². The van der Waals surface area contributed by atoms with Crippen molar-refractivity contribution in [1.82, 2.24) is 0 Å². The van der Waals surface area contributed by atoms with Crippen LogP contribution in [0.25, 0.3) is 0 Å². The van der Waals surface area contributed by atoms with E-state index in [9.17, 15) is 9.18 Å². The van der Waals surface area contributed by atoms with Crippen molar-refractivity contribution in [3.8, 4) is 0 Å². The monoisotopic (exact) mass is 307 g/mol.